The third-order valence-electron chi connectivity index (χ3n) is 5.23. The average molecular weight is 401 g/mol. The molecule has 2 aromatic carbocycles. The molecule has 4 rings (SSSR count). The number of nitrogens with one attached hydrogen (secondary N) is 1. The number of aliphatic hydroxyl groups is 1. The van der Waals surface area contributed by atoms with Crippen LogP contribution in [0.5, 0.6) is 5.75 Å². The number of rotatable bonds is 6. The molecule has 2 aliphatic rings. The topological polar surface area (TPSA) is 78.9 Å². The Morgan fingerprint density at radius 1 is 1.07 bits per heavy atom. The third-order valence-corrected chi connectivity index (χ3v) is 6.52. The molecule has 0 bridgehead atoms. The van der Waals surface area contributed by atoms with Crippen molar-refractivity contribution in [2.75, 3.05) is 4.31 Å². The van der Waals surface area contributed by atoms with Crippen molar-refractivity contribution >= 4 is 15.9 Å². The van der Waals surface area contributed by atoms with Crippen LogP contribution in [0, 0.1) is 5.92 Å². The Kier molecular flexibility index (Phi) is 5.17. The number of benzene rings is 2. The summed E-state index contributed by atoms with van der Waals surface area (Å²) in [6, 6.07) is 15.4. The van der Waals surface area contributed by atoms with Crippen molar-refractivity contribution in [3.8, 4) is 5.75 Å². The van der Waals surface area contributed by atoms with Crippen LogP contribution in [0.4, 0.5) is 5.69 Å². The summed E-state index contributed by atoms with van der Waals surface area (Å²) in [5.41, 5.74) is 2.51. The summed E-state index contributed by atoms with van der Waals surface area (Å²) in [5, 5.41) is 9.63. The average Bonchev–Trinajstić information content (AvgIpc) is 3.27. The van der Waals surface area contributed by atoms with Gasteiger partial charge in [-0.05, 0) is 35.6 Å². The van der Waals surface area contributed by atoms with Crippen LogP contribution >= 0.6 is 0 Å². The van der Waals surface area contributed by atoms with E-state index in [-0.39, 0.29) is 0 Å². The lowest BCUT2D eigenvalue weighted by atomic mass is 9.97. The maximum absolute atomic E-state index is 12.3. The van der Waals surface area contributed by atoms with Crippen LogP contribution in [0.15, 0.2) is 60.6 Å². The molecule has 1 aliphatic carbocycles. The quantitative estimate of drug-likeness (QED) is 0.768. The maximum Gasteiger partial charge on any atom is 0.330 e. The SMILES string of the molecule is O=S1(=O)NC(O)=CN1c1ccc(CC2CCCC2)cc1OCc1ccccc1. The lowest BCUT2D eigenvalue weighted by Crippen LogP contribution is -2.30. The first kappa shape index (κ1) is 18.7. The van der Waals surface area contributed by atoms with Crippen molar-refractivity contribution < 1.29 is 18.3 Å². The second-order valence-corrected chi connectivity index (χ2v) is 8.90. The summed E-state index contributed by atoms with van der Waals surface area (Å²) in [5.74, 6) is 0.744. The Bertz CT molecular complexity index is 967. The monoisotopic (exact) mass is 400 g/mol. The molecule has 1 fully saturated rings. The first-order valence-corrected chi connectivity index (χ1v) is 11.0. The molecule has 0 aromatic heterocycles. The highest BCUT2D eigenvalue weighted by molar-refractivity contribution is 7.91. The van der Waals surface area contributed by atoms with Crippen molar-refractivity contribution in [3.05, 3.63) is 71.7 Å². The molecule has 7 heteroatoms. The van der Waals surface area contributed by atoms with Gasteiger partial charge in [-0.15, -0.1) is 0 Å². The largest absolute Gasteiger partial charge is 0.493 e. The minimum absolute atomic E-state index is 0.331. The fraction of sp³-hybridized carbons (Fsp3) is 0.333. The first-order chi connectivity index (χ1) is 13.5. The Labute approximate surface area is 165 Å². The van der Waals surface area contributed by atoms with Crippen LogP contribution in [-0.4, -0.2) is 13.5 Å². The van der Waals surface area contributed by atoms with Crippen LogP contribution in [0.3, 0.4) is 0 Å². The summed E-state index contributed by atoms with van der Waals surface area (Å²) >= 11 is 0. The molecule has 0 radical (unpaired) electrons. The summed E-state index contributed by atoms with van der Waals surface area (Å²) < 4.78 is 33.7. The summed E-state index contributed by atoms with van der Waals surface area (Å²) in [6.07, 6.45) is 7.15. The lowest BCUT2D eigenvalue weighted by Gasteiger charge is -2.20. The number of aliphatic hydroxyl groups excluding tert-OH is 1. The van der Waals surface area contributed by atoms with Gasteiger partial charge >= 0.3 is 10.2 Å². The van der Waals surface area contributed by atoms with E-state index >= 15 is 0 Å². The fourth-order valence-corrected chi connectivity index (χ4v) is 4.92. The molecule has 2 aromatic rings. The molecule has 1 saturated carbocycles. The standard InChI is InChI=1S/C21H24N2O4S/c24-21-14-23(28(25,26)22-21)19-11-10-18(12-16-6-4-5-7-16)13-20(19)27-15-17-8-2-1-3-9-17/h1-3,8-11,13-14,16,22,24H,4-7,12,15H2. The third kappa shape index (κ3) is 4.09. The van der Waals surface area contributed by atoms with Gasteiger partial charge in [-0.2, -0.15) is 8.42 Å². The van der Waals surface area contributed by atoms with E-state index in [1.54, 1.807) is 6.07 Å². The van der Waals surface area contributed by atoms with Gasteiger partial charge in [-0.25, -0.2) is 9.03 Å². The molecule has 6 nitrogen and oxygen atoms in total. The van der Waals surface area contributed by atoms with Gasteiger partial charge in [0, 0.05) is 0 Å². The number of hydrogen-bond acceptors (Lipinski definition) is 4. The van der Waals surface area contributed by atoms with Crippen molar-refractivity contribution in [3.63, 3.8) is 0 Å². The van der Waals surface area contributed by atoms with E-state index in [1.165, 1.54) is 25.7 Å². The highest BCUT2D eigenvalue weighted by Gasteiger charge is 2.31. The Hall–Kier alpha value is -2.67. The van der Waals surface area contributed by atoms with Crippen molar-refractivity contribution in [1.29, 1.82) is 0 Å². The molecule has 2 N–H and O–H groups in total. The van der Waals surface area contributed by atoms with Crippen LogP contribution in [0.2, 0.25) is 0 Å². The second kappa shape index (κ2) is 7.75. The molecule has 0 atom stereocenters. The van der Waals surface area contributed by atoms with E-state index in [9.17, 15) is 13.5 Å². The highest BCUT2D eigenvalue weighted by Crippen LogP contribution is 2.36. The normalized spacial score (nSPS) is 18.7. The van der Waals surface area contributed by atoms with Crippen molar-refractivity contribution in [2.24, 2.45) is 5.92 Å². The van der Waals surface area contributed by atoms with Gasteiger partial charge in [0.05, 0.1) is 6.20 Å². The van der Waals surface area contributed by atoms with E-state index in [4.69, 9.17) is 4.74 Å². The predicted molar refractivity (Wildman–Crippen MR) is 108 cm³/mol. The molecule has 0 spiro atoms. The lowest BCUT2D eigenvalue weighted by molar-refractivity contribution is 0.307. The van der Waals surface area contributed by atoms with Crippen molar-refractivity contribution in [2.45, 2.75) is 38.7 Å². The van der Waals surface area contributed by atoms with Gasteiger partial charge in [0.1, 0.15) is 18.0 Å². The second-order valence-electron chi connectivity index (χ2n) is 7.35. The van der Waals surface area contributed by atoms with Crippen LogP contribution < -0.4 is 13.8 Å². The molecular formula is C21H24N2O4S. The number of anilines is 1. The molecule has 1 heterocycles. The van der Waals surface area contributed by atoms with Crippen LogP contribution in [0.25, 0.3) is 0 Å². The summed E-state index contributed by atoms with van der Waals surface area (Å²) in [6.45, 7) is 0.331. The number of nitrogens with zero attached hydrogens (tertiary/aromatic N) is 1. The van der Waals surface area contributed by atoms with Gasteiger partial charge in [-0.3, -0.25) is 0 Å². The Balaban J connectivity index is 1.63. The maximum atomic E-state index is 12.3. The van der Waals surface area contributed by atoms with Gasteiger partial charge in [0.25, 0.3) is 0 Å². The Morgan fingerprint density at radius 2 is 1.82 bits per heavy atom. The molecule has 0 amide bonds. The zero-order chi connectivity index (χ0) is 19.6. The molecule has 0 unspecified atom stereocenters. The smallest absolute Gasteiger partial charge is 0.330 e. The molecule has 148 valence electrons. The molecule has 28 heavy (non-hydrogen) atoms. The van der Waals surface area contributed by atoms with E-state index in [0.29, 0.717) is 24.0 Å². The van der Waals surface area contributed by atoms with Crippen LogP contribution in [-0.2, 0) is 23.2 Å². The van der Waals surface area contributed by atoms with Gasteiger partial charge < -0.3 is 9.84 Å². The summed E-state index contributed by atoms with van der Waals surface area (Å²) in [7, 11) is -3.87. The van der Waals surface area contributed by atoms with Gasteiger partial charge in [0.2, 0.25) is 5.88 Å². The number of hydrogen-bond donors (Lipinski definition) is 2. The molecule has 1 aliphatic heterocycles. The zero-order valence-electron chi connectivity index (χ0n) is 15.5. The highest BCUT2D eigenvalue weighted by atomic mass is 32.2. The van der Waals surface area contributed by atoms with Crippen molar-refractivity contribution in [1.82, 2.24) is 4.72 Å². The first-order valence-electron chi connectivity index (χ1n) is 9.54. The summed E-state index contributed by atoms with van der Waals surface area (Å²) in [4.78, 5) is 0. The Morgan fingerprint density at radius 3 is 2.50 bits per heavy atom. The zero-order valence-corrected chi connectivity index (χ0v) is 16.4. The van der Waals surface area contributed by atoms with E-state index in [0.717, 1.165) is 28.1 Å². The number of ether oxygens (including phenoxy) is 1. The van der Waals surface area contributed by atoms with Gasteiger partial charge in [0.15, 0.2) is 0 Å². The van der Waals surface area contributed by atoms with Crippen LogP contribution in [0.1, 0.15) is 36.8 Å². The fourth-order valence-electron chi connectivity index (χ4n) is 3.85. The predicted octanol–water partition coefficient (Wildman–Crippen LogP) is 4.01. The molecular weight excluding hydrogens is 376 g/mol. The van der Waals surface area contributed by atoms with E-state index in [1.807, 2.05) is 42.5 Å². The van der Waals surface area contributed by atoms with E-state index < -0.39 is 16.1 Å². The molecule has 0 saturated heterocycles. The van der Waals surface area contributed by atoms with E-state index in [2.05, 4.69) is 4.72 Å². The van der Waals surface area contributed by atoms with Gasteiger partial charge in [-0.1, -0.05) is 62.1 Å². The minimum Gasteiger partial charge on any atom is -0.493 e. The minimum atomic E-state index is -3.87.